The predicted molar refractivity (Wildman–Crippen MR) is 106 cm³/mol. The minimum atomic E-state index is -3.36. The van der Waals surface area contributed by atoms with Crippen molar-refractivity contribution in [1.82, 2.24) is 5.32 Å². The van der Waals surface area contributed by atoms with Crippen LogP contribution in [0, 0.1) is 5.82 Å². The molecule has 1 amide bonds. The molecule has 0 aliphatic carbocycles. The van der Waals surface area contributed by atoms with E-state index in [9.17, 15) is 22.4 Å². The van der Waals surface area contributed by atoms with Gasteiger partial charge in [0.15, 0.2) is 6.61 Å². The van der Waals surface area contributed by atoms with Crippen molar-refractivity contribution < 1.29 is 27.1 Å². The van der Waals surface area contributed by atoms with Gasteiger partial charge in [0, 0.05) is 13.1 Å². The first-order valence-corrected chi connectivity index (χ1v) is 10.9. The van der Waals surface area contributed by atoms with Crippen LogP contribution in [0.15, 0.2) is 42.5 Å². The number of fused-ring (bicyclic) bond motifs is 1. The van der Waals surface area contributed by atoms with E-state index in [-0.39, 0.29) is 11.4 Å². The minimum Gasteiger partial charge on any atom is -0.452 e. The molecule has 0 atom stereocenters. The molecule has 9 heteroatoms. The average Bonchev–Trinajstić information content (AvgIpc) is 3.11. The highest BCUT2D eigenvalue weighted by Gasteiger charge is 2.27. The number of hydrogen-bond acceptors (Lipinski definition) is 5. The van der Waals surface area contributed by atoms with E-state index in [4.69, 9.17) is 4.74 Å². The van der Waals surface area contributed by atoms with E-state index in [2.05, 4.69) is 5.32 Å². The minimum absolute atomic E-state index is 0.262. The second-order valence-electron chi connectivity index (χ2n) is 6.73. The number of carbonyl (C=O) groups is 2. The van der Waals surface area contributed by atoms with Crippen LogP contribution in [0.4, 0.5) is 10.1 Å². The van der Waals surface area contributed by atoms with E-state index >= 15 is 0 Å². The molecule has 0 saturated heterocycles. The lowest BCUT2D eigenvalue weighted by atomic mass is 10.1. The fraction of sp³-hybridized carbons (Fsp3) is 0.300. The van der Waals surface area contributed by atoms with Crippen LogP contribution in [0.25, 0.3) is 0 Å². The molecule has 1 aliphatic heterocycles. The zero-order chi connectivity index (χ0) is 21.0. The Morgan fingerprint density at radius 2 is 1.90 bits per heavy atom. The standard InChI is InChI=1S/C20H21FN2O5S/c1-29(26,27)23-11-9-15-12-16(4-7-18(15)23)20(25)28-13-19(24)22-10-8-14-2-5-17(21)6-3-14/h2-7,12H,8-11,13H2,1H3,(H,22,24). The van der Waals surface area contributed by atoms with Crippen LogP contribution < -0.4 is 9.62 Å². The number of sulfonamides is 1. The van der Waals surface area contributed by atoms with Crippen molar-refractivity contribution in [2.75, 3.05) is 30.3 Å². The van der Waals surface area contributed by atoms with Crippen molar-refractivity contribution >= 4 is 27.6 Å². The number of esters is 1. The largest absolute Gasteiger partial charge is 0.452 e. The number of benzene rings is 2. The fourth-order valence-electron chi connectivity index (χ4n) is 3.11. The number of carbonyl (C=O) groups excluding carboxylic acids is 2. The molecule has 0 fully saturated rings. The SMILES string of the molecule is CS(=O)(=O)N1CCc2cc(C(=O)OCC(=O)NCCc3ccc(F)cc3)ccc21. The third-order valence-electron chi connectivity index (χ3n) is 4.55. The molecule has 2 aromatic rings. The van der Waals surface area contributed by atoms with Gasteiger partial charge in [-0.1, -0.05) is 12.1 Å². The lowest BCUT2D eigenvalue weighted by Crippen LogP contribution is -2.30. The molecular weight excluding hydrogens is 399 g/mol. The fourth-order valence-corrected chi connectivity index (χ4v) is 4.06. The normalized spacial score (nSPS) is 13.1. The first-order valence-electron chi connectivity index (χ1n) is 9.03. The van der Waals surface area contributed by atoms with E-state index in [1.165, 1.54) is 22.5 Å². The van der Waals surface area contributed by atoms with Crippen molar-refractivity contribution in [1.29, 1.82) is 0 Å². The highest BCUT2D eigenvalue weighted by molar-refractivity contribution is 7.92. The summed E-state index contributed by atoms with van der Waals surface area (Å²) in [5, 5.41) is 2.63. The first kappa shape index (κ1) is 20.8. The van der Waals surface area contributed by atoms with Gasteiger partial charge in [-0.3, -0.25) is 9.10 Å². The van der Waals surface area contributed by atoms with Crippen LogP contribution >= 0.6 is 0 Å². The number of hydrogen-bond donors (Lipinski definition) is 1. The quantitative estimate of drug-likeness (QED) is 0.688. The van der Waals surface area contributed by atoms with Crippen LogP contribution in [-0.2, 0) is 32.4 Å². The third-order valence-corrected chi connectivity index (χ3v) is 5.73. The van der Waals surface area contributed by atoms with E-state index < -0.39 is 28.5 Å². The number of nitrogens with zero attached hydrogens (tertiary/aromatic N) is 1. The Balaban J connectivity index is 1.48. The van der Waals surface area contributed by atoms with Gasteiger partial charge in [0.25, 0.3) is 5.91 Å². The maximum Gasteiger partial charge on any atom is 0.338 e. The van der Waals surface area contributed by atoms with Gasteiger partial charge in [-0.25, -0.2) is 17.6 Å². The molecule has 3 rings (SSSR count). The van der Waals surface area contributed by atoms with Crippen LogP contribution in [0.2, 0.25) is 0 Å². The van der Waals surface area contributed by atoms with Crippen LogP contribution in [0.1, 0.15) is 21.5 Å². The molecular formula is C20H21FN2O5S. The zero-order valence-corrected chi connectivity index (χ0v) is 16.7. The Labute approximate surface area is 168 Å². The van der Waals surface area contributed by atoms with Gasteiger partial charge in [0.2, 0.25) is 10.0 Å². The molecule has 0 bridgehead atoms. The number of halogens is 1. The van der Waals surface area contributed by atoms with Crippen LogP contribution in [-0.4, -0.2) is 46.2 Å². The molecule has 7 nitrogen and oxygen atoms in total. The molecule has 29 heavy (non-hydrogen) atoms. The molecule has 1 heterocycles. The number of ether oxygens (including phenoxy) is 1. The Kier molecular flexibility index (Phi) is 6.17. The highest BCUT2D eigenvalue weighted by Crippen LogP contribution is 2.30. The molecule has 0 radical (unpaired) electrons. The summed E-state index contributed by atoms with van der Waals surface area (Å²) in [6, 6.07) is 10.6. The molecule has 1 aliphatic rings. The topological polar surface area (TPSA) is 92.8 Å². The van der Waals surface area contributed by atoms with Gasteiger partial charge in [-0.2, -0.15) is 0 Å². The van der Waals surface area contributed by atoms with Crippen molar-refractivity contribution in [3.63, 3.8) is 0 Å². The van der Waals surface area contributed by atoms with E-state index in [0.29, 0.717) is 31.6 Å². The molecule has 2 aromatic carbocycles. The average molecular weight is 420 g/mol. The maximum absolute atomic E-state index is 12.9. The summed E-state index contributed by atoms with van der Waals surface area (Å²) in [7, 11) is -3.36. The van der Waals surface area contributed by atoms with Crippen LogP contribution in [0.3, 0.4) is 0 Å². The second-order valence-corrected chi connectivity index (χ2v) is 8.64. The number of nitrogens with one attached hydrogen (secondary N) is 1. The number of amides is 1. The summed E-state index contributed by atoms with van der Waals surface area (Å²) in [5.41, 5.74) is 2.44. The van der Waals surface area contributed by atoms with Gasteiger partial charge < -0.3 is 10.1 Å². The van der Waals surface area contributed by atoms with E-state index in [0.717, 1.165) is 17.4 Å². The maximum atomic E-state index is 12.9. The second kappa shape index (κ2) is 8.60. The van der Waals surface area contributed by atoms with Gasteiger partial charge >= 0.3 is 5.97 Å². The predicted octanol–water partition coefficient (Wildman–Crippen LogP) is 1.66. The Bertz CT molecular complexity index is 1020. The Morgan fingerprint density at radius 1 is 1.17 bits per heavy atom. The lowest BCUT2D eigenvalue weighted by Gasteiger charge is -2.16. The highest BCUT2D eigenvalue weighted by atomic mass is 32.2. The summed E-state index contributed by atoms with van der Waals surface area (Å²) < 4.78 is 42.7. The van der Waals surface area contributed by atoms with Crippen molar-refractivity contribution in [2.45, 2.75) is 12.8 Å². The molecule has 0 unspecified atom stereocenters. The van der Waals surface area contributed by atoms with Crippen LogP contribution in [0.5, 0.6) is 0 Å². The summed E-state index contributed by atoms with van der Waals surface area (Å²) in [4.78, 5) is 24.0. The summed E-state index contributed by atoms with van der Waals surface area (Å²) in [6.45, 7) is 0.250. The Hall–Kier alpha value is -2.94. The van der Waals surface area contributed by atoms with E-state index in [1.807, 2.05) is 0 Å². The van der Waals surface area contributed by atoms with Crippen molar-refractivity contribution in [3.05, 3.63) is 65.0 Å². The zero-order valence-electron chi connectivity index (χ0n) is 15.9. The van der Waals surface area contributed by atoms with Gasteiger partial charge in [0.1, 0.15) is 5.82 Å². The Morgan fingerprint density at radius 3 is 2.59 bits per heavy atom. The lowest BCUT2D eigenvalue weighted by molar-refractivity contribution is -0.124. The summed E-state index contributed by atoms with van der Waals surface area (Å²) >= 11 is 0. The summed E-state index contributed by atoms with van der Waals surface area (Å²) in [6.07, 6.45) is 2.17. The van der Waals surface area contributed by atoms with Gasteiger partial charge in [-0.15, -0.1) is 0 Å². The van der Waals surface area contributed by atoms with Gasteiger partial charge in [-0.05, 0) is 54.3 Å². The molecule has 0 saturated carbocycles. The molecule has 0 spiro atoms. The van der Waals surface area contributed by atoms with Crippen molar-refractivity contribution in [2.24, 2.45) is 0 Å². The molecule has 154 valence electrons. The smallest absolute Gasteiger partial charge is 0.338 e. The molecule has 1 N–H and O–H groups in total. The molecule has 0 aromatic heterocycles. The third kappa shape index (κ3) is 5.32. The number of anilines is 1. The number of rotatable bonds is 7. The van der Waals surface area contributed by atoms with E-state index in [1.54, 1.807) is 24.3 Å². The first-order chi connectivity index (χ1) is 13.7. The monoisotopic (exact) mass is 420 g/mol. The summed E-state index contributed by atoms with van der Waals surface area (Å²) in [5.74, 6) is -1.41. The van der Waals surface area contributed by atoms with Gasteiger partial charge in [0.05, 0.1) is 17.5 Å². The van der Waals surface area contributed by atoms with Crippen molar-refractivity contribution in [3.8, 4) is 0 Å².